The second kappa shape index (κ2) is 5.84. The van der Waals surface area contributed by atoms with Crippen molar-refractivity contribution in [2.45, 2.75) is 31.2 Å². The molecule has 0 aliphatic heterocycles. The van der Waals surface area contributed by atoms with E-state index in [0.29, 0.717) is 0 Å². The number of carboxylic acids is 1. The monoisotopic (exact) mass is 317 g/mol. The third kappa shape index (κ3) is 2.71. The minimum Gasteiger partial charge on any atom is -0.477 e. The maximum absolute atomic E-state index is 12.5. The summed E-state index contributed by atoms with van der Waals surface area (Å²) in [5.74, 6) is -1.51. The average Bonchev–Trinajstić information content (AvgIpc) is 3.19. The van der Waals surface area contributed by atoms with Gasteiger partial charge >= 0.3 is 5.97 Å². The molecular formula is C15H15N3O3S. The topological polar surface area (TPSA) is 92.2 Å². The van der Waals surface area contributed by atoms with Crippen LogP contribution in [0.2, 0.25) is 0 Å². The molecule has 0 bridgehead atoms. The normalized spacial score (nSPS) is 16.4. The predicted octanol–water partition coefficient (Wildman–Crippen LogP) is 2.44. The van der Waals surface area contributed by atoms with Crippen molar-refractivity contribution >= 4 is 23.2 Å². The summed E-state index contributed by atoms with van der Waals surface area (Å²) in [5, 5.41) is 14.8. The van der Waals surface area contributed by atoms with Gasteiger partial charge in [0.25, 0.3) is 5.91 Å². The average molecular weight is 317 g/mol. The largest absolute Gasteiger partial charge is 0.477 e. The number of carbonyl (C=O) groups is 2. The van der Waals surface area contributed by atoms with Crippen molar-refractivity contribution in [2.24, 2.45) is 0 Å². The van der Waals surface area contributed by atoms with E-state index in [1.807, 2.05) is 5.38 Å². The van der Waals surface area contributed by atoms with E-state index in [1.54, 1.807) is 6.20 Å². The van der Waals surface area contributed by atoms with Gasteiger partial charge in [-0.15, -0.1) is 11.3 Å². The number of carbonyl (C=O) groups excluding carboxylic acids is 1. The third-order valence-electron chi connectivity index (χ3n) is 3.85. The van der Waals surface area contributed by atoms with Crippen LogP contribution < -0.4 is 5.32 Å². The van der Waals surface area contributed by atoms with E-state index in [2.05, 4.69) is 15.3 Å². The Kier molecular flexibility index (Phi) is 3.89. The Morgan fingerprint density at radius 3 is 2.59 bits per heavy atom. The van der Waals surface area contributed by atoms with E-state index in [-0.39, 0.29) is 17.3 Å². The highest BCUT2D eigenvalue weighted by molar-refractivity contribution is 7.09. The van der Waals surface area contributed by atoms with Gasteiger partial charge in [0.05, 0.1) is 5.54 Å². The molecule has 3 rings (SSSR count). The maximum atomic E-state index is 12.5. The first-order valence-electron chi connectivity index (χ1n) is 7.04. The molecular weight excluding hydrogens is 302 g/mol. The predicted molar refractivity (Wildman–Crippen MR) is 80.9 cm³/mol. The molecule has 2 heterocycles. The minimum absolute atomic E-state index is 0.114. The van der Waals surface area contributed by atoms with Crippen molar-refractivity contribution < 1.29 is 14.7 Å². The lowest BCUT2D eigenvalue weighted by molar-refractivity contribution is 0.0690. The zero-order valence-electron chi connectivity index (χ0n) is 11.8. The quantitative estimate of drug-likeness (QED) is 0.903. The number of thiazole rings is 1. The standard InChI is InChI=1S/C15H15N3O3S/c19-12(10-4-3-5-11(17-10)13(20)21)18-15(6-1-2-7-15)14-16-8-9-22-14/h3-5,8-9H,1-2,6-7H2,(H,18,19)(H,20,21). The lowest BCUT2D eigenvalue weighted by atomic mass is 9.98. The minimum atomic E-state index is -1.15. The number of hydrogen-bond acceptors (Lipinski definition) is 5. The lowest BCUT2D eigenvalue weighted by Gasteiger charge is -2.28. The molecule has 0 aromatic carbocycles. The summed E-state index contributed by atoms with van der Waals surface area (Å²) in [6.07, 6.45) is 5.47. The zero-order valence-corrected chi connectivity index (χ0v) is 12.6. The Bertz CT molecular complexity index is 694. The molecule has 6 nitrogen and oxygen atoms in total. The molecule has 114 valence electrons. The molecule has 0 unspecified atom stereocenters. The van der Waals surface area contributed by atoms with Gasteiger partial charge in [-0.1, -0.05) is 18.9 Å². The fourth-order valence-electron chi connectivity index (χ4n) is 2.79. The highest BCUT2D eigenvalue weighted by Gasteiger charge is 2.39. The molecule has 0 radical (unpaired) electrons. The number of amides is 1. The first kappa shape index (κ1) is 14.6. The summed E-state index contributed by atoms with van der Waals surface area (Å²) in [4.78, 5) is 31.7. The van der Waals surface area contributed by atoms with Gasteiger partial charge in [-0.25, -0.2) is 14.8 Å². The number of hydrogen-bond donors (Lipinski definition) is 2. The molecule has 1 saturated carbocycles. The van der Waals surface area contributed by atoms with E-state index in [4.69, 9.17) is 5.11 Å². The maximum Gasteiger partial charge on any atom is 0.354 e. The summed E-state index contributed by atoms with van der Waals surface area (Å²) < 4.78 is 0. The van der Waals surface area contributed by atoms with Crippen LogP contribution >= 0.6 is 11.3 Å². The second-order valence-corrected chi connectivity index (χ2v) is 6.19. The number of aromatic nitrogens is 2. The van der Waals surface area contributed by atoms with E-state index < -0.39 is 11.5 Å². The smallest absolute Gasteiger partial charge is 0.354 e. The van der Waals surface area contributed by atoms with Crippen molar-refractivity contribution in [3.05, 3.63) is 46.2 Å². The fourth-order valence-corrected chi connectivity index (χ4v) is 3.65. The van der Waals surface area contributed by atoms with Crippen LogP contribution in [0.4, 0.5) is 0 Å². The van der Waals surface area contributed by atoms with E-state index in [0.717, 1.165) is 30.7 Å². The molecule has 1 amide bonds. The van der Waals surface area contributed by atoms with Gasteiger partial charge in [-0.05, 0) is 25.0 Å². The van der Waals surface area contributed by atoms with Gasteiger partial charge < -0.3 is 10.4 Å². The number of aromatic carboxylic acids is 1. The molecule has 0 atom stereocenters. The molecule has 22 heavy (non-hydrogen) atoms. The van der Waals surface area contributed by atoms with Gasteiger partial charge in [-0.2, -0.15) is 0 Å². The second-order valence-electron chi connectivity index (χ2n) is 5.29. The van der Waals surface area contributed by atoms with Gasteiger partial charge in [0.1, 0.15) is 16.4 Å². The Labute approximate surface area is 131 Å². The first-order chi connectivity index (χ1) is 10.6. The Morgan fingerprint density at radius 1 is 1.23 bits per heavy atom. The van der Waals surface area contributed by atoms with Crippen molar-refractivity contribution in [2.75, 3.05) is 0 Å². The van der Waals surface area contributed by atoms with E-state index in [1.165, 1.54) is 29.5 Å². The highest BCUT2D eigenvalue weighted by Crippen LogP contribution is 2.39. The lowest BCUT2D eigenvalue weighted by Crippen LogP contribution is -2.44. The number of nitrogens with zero attached hydrogens (tertiary/aromatic N) is 2. The van der Waals surface area contributed by atoms with Gasteiger partial charge in [0.15, 0.2) is 0 Å². The van der Waals surface area contributed by atoms with E-state index in [9.17, 15) is 9.59 Å². The van der Waals surface area contributed by atoms with E-state index >= 15 is 0 Å². The number of nitrogens with one attached hydrogen (secondary N) is 1. The number of pyridine rings is 1. The Hall–Kier alpha value is -2.28. The molecule has 2 aromatic heterocycles. The van der Waals surface area contributed by atoms with Crippen molar-refractivity contribution in [1.82, 2.24) is 15.3 Å². The molecule has 2 aromatic rings. The van der Waals surface area contributed by atoms with Gasteiger partial charge in [-0.3, -0.25) is 4.79 Å². The van der Waals surface area contributed by atoms with Crippen molar-refractivity contribution in [1.29, 1.82) is 0 Å². The summed E-state index contributed by atoms with van der Waals surface area (Å²) >= 11 is 1.52. The highest BCUT2D eigenvalue weighted by atomic mass is 32.1. The molecule has 1 aliphatic rings. The molecule has 7 heteroatoms. The van der Waals surface area contributed by atoms with Crippen LogP contribution in [0.5, 0.6) is 0 Å². The van der Waals surface area contributed by atoms with Crippen LogP contribution in [0, 0.1) is 0 Å². The summed E-state index contributed by atoms with van der Waals surface area (Å²) in [7, 11) is 0. The summed E-state index contributed by atoms with van der Waals surface area (Å²) in [6.45, 7) is 0. The summed E-state index contributed by atoms with van der Waals surface area (Å²) in [5.41, 5.74) is -0.475. The number of carboxylic acid groups (broad SMARTS) is 1. The van der Waals surface area contributed by atoms with Crippen molar-refractivity contribution in [3.8, 4) is 0 Å². The third-order valence-corrected chi connectivity index (χ3v) is 4.83. The van der Waals surface area contributed by atoms with Crippen LogP contribution in [0.3, 0.4) is 0 Å². The molecule has 2 N–H and O–H groups in total. The SMILES string of the molecule is O=C(O)c1cccc(C(=O)NC2(c3nccs3)CCCC2)n1. The van der Waals surface area contributed by atoms with Crippen LogP contribution in [0.25, 0.3) is 0 Å². The zero-order chi connectivity index (χ0) is 15.6. The van der Waals surface area contributed by atoms with Gasteiger partial charge in [0, 0.05) is 11.6 Å². The Morgan fingerprint density at radius 2 is 1.95 bits per heavy atom. The van der Waals surface area contributed by atoms with Crippen LogP contribution in [-0.4, -0.2) is 27.0 Å². The van der Waals surface area contributed by atoms with Crippen LogP contribution in [-0.2, 0) is 5.54 Å². The van der Waals surface area contributed by atoms with Crippen LogP contribution in [0.1, 0.15) is 51.7 Å². The number of rotatable bonds is 4. The molecule has 1 fully saturated rings. The summed E-state index contributed by atoms with van der Waals surface area (Å²) in [6, 6.07) is 4.41. The Balaban J connectivity index is 1.86. The van der Waals surface area contributed by atoms with Crippen LogP contribution in [0.15, 0.2) is 29.8 Å². The van der Waals surface area contributed by atoms with Gasteiger partial charge in [0.2, 0.25) is 0 Å². The molecule has 0 spiro atoms. The molecule has 1 aliphatic carbocycles. The fraction of sp³-hybridized carbons (Fsp3) is 0.333. The van der Waals surface area contributed by atoms with Crippen molar-refractivity contribution in [3.63, 3.8) is 0 Å². The molecule has 0 saturated heterocycles. The first-order valence-corrected chi connectivity index (χ1v) is 7.91.